The number of halogens is 7. The van der Waals surface area contributed by atoms with Crippen LogP contribution in [-0.4, -0.2) is 35.9 Å². The summed E-state index contributed by atoms with van der Waals surface area (Å²) in [6.45, 7) is 0. The predicted octanol–water partition coefficient (Wildman–Crippen LogP) is 5.06. The number of hydrogen-bond acceptors (Lipinski definition) is 8. The van der Waals surface area contributed by atoms with Crippen LogP contribution in [0.1, 0.15) is 15.9 Å². The van der Waals surface area contributed by atoms with Gasteiger partial charge in [0.1, 0.15) is 28.4 Å². The molecule has 3 aromatic heterocycles. The summed E-state index contributed by atoms with van der Waals surface area (Å²) in [6, 6.07) is 6.73. The topological polar surface area (TPSA) is 149 Å². The summed E-state index contributed by atoms with van der Waals surface area (Å²) in [5.41, 5.74) is -0.661. The Morgan fingerprint density at radius 2 is 1.32 bits per heavy atom. The average Bonchev–Trinajstić information content (AvgIpc) is 3.28. The van der Waals surface area contributed by atoms with E-state index < -0.39 is 34.6 Å². The Bertz CT molecular complexity index is 1580. The zero-order valence-corrected chi connectivity index (χ0v) is 20.8. The molecule has 0 aliphatic rings. The van der Waals surface area contributed by atoms with Crippen LogP contribution < -0.4 is 11.7 Å². The van der Waals surface area contributed by atoms with Crippen LogP contribution in [0.4, 0.5) is 17.6 Å². The van der Waals surface area contributed by atoms with E-state index in [1.807, 2.05) is 0 Å². The molecule has 0 fully saturated rings. The molecule has 2 aromatic carbocycles. The van der Waals surface area contributed by atoms with Crippen molar-refractivity contribution >= 4 is 51.6 Å². The second-order valence-electron chi connectivity index (χ2n) is 6.84. The SMILES string of the molecule is Fc1cccc(F)c1-c1[nH]nc2nc(Cl)ncc12.NN.O=C(c1cnc(Cl)nc1Cl)c1c(F)cccc1F. The van der Waals surface area contributed by atoms with E-state index in [0.717, 1.165) is 24.4 Å². The van der Waals surface area contributed by atoms with Crippen molar-refractivity contribution in [3.63, 3.8) is 0 Å². The molecule has 196 valence electrons. The van der Waals surface area contributed by atoms with Crippen LogP contribution in [0.5, 0.6) is 0 Å². The van der Waals surface area contributed by atoms with Crippen molar-refractivity contribution in [1.82, 2.24) is 30.1 Å². The molecule has 5 N–H and O–H groups in total. The summed E-state index contributed by atoms with van der Waals surface area (Å²) in [5.74, 6) is 3.73. The van der Waals surface area contributed by atoms with Crippen LogP contribution in [0.2, 0.25) is 15.7 Å². The first kappa shape index (κ1) is 28.8. The zero-order chi connectivity index (χ0) is 28.0. The molecule has 0 atom stereocenters. The van der Waals surface area contributed by atoms with Gasteiger partial charge < -0.3 is 0 Å². The minimum Gasteiger partial charge on any atom is -0.288 e. The lowest BCUT2D eigenvalue weighted by atomic mass is 10.1. The lowest BCUT2D eigenvalue weighted by Crippen LogP contribution is -2.09. The van der Waals surface area contributed by atoms with Gasteiger partial charge in [0, 0.05) is 12.4 Å². The molecule has 3 heterocycles. The Morgan fingerprint density at radius 3 is 1.89 bits per heavy atom. The van der Waals surface area contributed by atoms with Gasteiger partial charge in [0.05, 0.1) is 27.8 Å². The maximum atomic E-state index is 13.7. The van der Waals surface area contributed by atoms with Gasteiger partial charge in [-0.05, 0) is 47.5 Å². The minimum atomic E-state index is -0.981. The van der Waals surface area contributed by atoms with Gasteiger partial charge in [0.15, 0.2) is 5.65 Å². The van der Waals surface area contributed by atoms with Crippen molar-refractivity contribution in [1.29, 1.82) is 0 Å². The lowest BCUT2D eigenvalue weighted by molar-refractivity contribution is 0.103. The average molecular weight is 588 g/mol. The van der Waals surface area contributed by atoms with E-state index in [4.69, 9.17) is 34.8 Å². The fourth-order valence-electron chi connectivity index (χ4n) is 3.05. The van der Waals surface area contributed by atoms with Crippen LogP contribution >= 0.6 is 34.8 Å². The van der Waals surface area contributed by atoms with Crippen LogP contribution in [0, 0.1) is 23.3 Å². The van der Waals surface area contributed by atoms with E-state index >= 15 is 0 Å². The Kier molecular flexibility index (Phi) is 9.61. The molecule has 0 unspecified atom stereocenters. The molecule has 5 aromatic rings. The van der Waals surface area contributed by atoms with E-state index in [1.165, 1.54) is 24.4 Å². The fourth-order valence-corrected chi connectivity index (χ4v) is 3.57. The number of aromatic amines is 1. The van der Waals surface area contributed by atoms with E-state index in [0.29, 0.717) is 5.39 Å². The number of carbonyl (C=O) groups is 1. The third-order valence-corrected chi connectivity index (χ3v) is 5.29. The number of hydrogen-bond donors (Lipinski definition) is 3. The van der Waals surface area contributed by atoms with Crippen LogP contribution in [-0.2, 0) is 0 Å². The summed E-state index contributed by atoms with van der Waals surface area (Å²) in [7, 11) is 0. The number of fused-ring (bicyclic) bond motifs is 1. The first-order valence-electron chi connectivity index (χ1n) is 9.98. The summed E-state index contributed by atoms with van der Waals surface area (Å²) in [5, 5.41) is 6.40. The summed E-state index contributed by atoms with van der Waals surface area (Å²) in [4.78, 5) is 26.6. The number of rotatable bonds is 3. The van der Waals surface area contributed by atoms with Crippen molar-refractivity contribution in [2.75, 3.05) is 0 Å². The highest BCUT2D eigenvalue weighted by molar-refractivity contribution is 6.35. The van der Waals surface area contributed by atoms with Crippen molar-refractivity contribution in [3.05, 3.63) is 98.9 Å². The molecule has 0 saturated carbocycles. The first-order chi connectivity index (χ1) is 18.2. The highest BCUT2D eigenvalue weighted by Crippen LogP contribution is 2.29. The standard InChI is InChI=1S/C11H4Cl2F2N2O.C11H5ClF2N4.H4N2/c12-10-5(4-16-11(13)17-10)9(18)8-6(14)2-1-3-7(8)15;12-11-15-4-5-9(17-18-10(5)16-11)8-6(13)2-1-3-7(8)14;1-2/h1-4H;1-4H,(H,15,16,17,18);1-2H2. The Hall–Kier alpha value is -3.75. The van der Waals surface area contributed by atoms with E-state index in [9.17, 15) is 22.4 Å². The first-order valence-corrected chi connectivity index (χ1v) is 11.1. The second-order valence-corrected chi connectivity index (χ2v) is 7.88. The van der Waals surface area contributed by atoms with Gasteiger partial charge in [0.25, 0.3) is 0 Å². The Balaban J connectivity index is 0.000000198. The van der Waals surface area contributed by atoms with Gasteiger partial charge in [-0.15, -0.1) is 0 Å². The largest absolute Gasteiger partial charge is 0.288 e. The molecule has 0 saturated heterocycles. The van der Waals surface area contributed by atoms with E-state index in [-0.39, 0.29) is 38.2 Å². The predicted molar refractivity (Wildman–Crippen MR) is 132 cm³/mol. The number of hydrazine groups is 1. The van der Waals surface area contributed by atoms with Crippen LogP contribution in [0.15, 0.2) is 48.8 Å². The molecule has 16 heteroatoms. The monoisotopic (exact) mass is 586 g/mol. The lowest BCUT2D eigenvalue weighted by Gasteiger charge is -2.05. The molecule has 0 amide bonds. The molecule has 38 heavy (non-hydrogen) atoms. The molecule has 9 nitrogen and oxygen atoms in total. The molecular formula is C22H13Cl3F4N8O. The van der Waals surface area contributed by atoms with Crippen LogP contribution in [0.25, 0.3) is 22.3 Å². The fraction of sp³-hybridized carbons (Fsp3) is 0. The van der Waals surface area contributed by atoms with Crippen molar-refractivity contribution in [3.8, 4) is 11.3 Å². The van der Waals surface area contributed by atoms with Gasteiger partial charge >= 0.3 is 0 Å². The van der Waals surface area contributed by atoms with Gasteiger partial charge in [-0.3, -0.25) is 21.6 Å². The van der Waals surface area contributed by atoms with Crippen molar-refractivity contribution in [2.24, 2.45) is 11.7 Å². The number of aromatic nitrogens is 6. The van der Waals surface area contributed by atoms with E-state index in [1.54, 1.807) is 0 Å². The van der Waals surface area contributed by atoms with Gasteiger partial charge in [-0.1, -0.05) is 23.7 Å². The highest BCUT2D eigenvalue weighted by atomic mass is 35.5. The van der Waals surface area contributed by atoms with Gasteiger partial charge in [-0.25, -0.2) is 32.5 Å². The Morgan fingerprint density at radius 1 is 0.789 bits per heavy atom. The Labute approximate surface area is 225 Å². The molecule has 0 radical (unpaired) electrons. The summed E-state index contributed by atoms with van der Waals surface area (Å²) >= 11 is 16.8. The number of nitrogens with zero attached hydrogens (tertiary/aromatic N) is 5. The normalized spacial score (nSPS) is 10.3. The number of carbonyl (C=O) groups excluding carboxylic acids is 1. The second kappa shape index (κ2) is 12.7. The quantitative estimate of drug-likeness (QED) is 0.0662. The summed E-state index contributed by atoms with van der Waals surface area (Å²) < 4.78 is 54.2. The van der Waals surface area contributed by atoms with Crippen molar-refractivity contribution in [2.45, 2.75) is 0 Å². The third kappa shape index (κ3) is 6.20. The van der Waals surface area contributed by atoms with Gasteiger partial charge in [-0.2, -0.15) is 10.1 Å². The third-order valence-electron chi connectivity index (χ3n) is 4.64. The number of H-pyrrole nitrogens is 1. The molecule has 0 aliphatic heterocycles. The number of nitrogens with one attached hydrogen (secondary N) is 1. The van der Waals surface area contributed by atoms with Crippen LogP contribution in [0.3, 0.4) is 0 Å². The highest BCUT2D eigenvalue weighted by Gasteiger charge is 2.22. The molecule has 5 rings (SSSR count). The smallest absolute Gasteiger partial charge is 0.224 e. The zero-order valence-electron chi connectivity index (χ0n) is 18.6. The van der Waals surface area contributed by atoms with Crippen molar-refractivity contribution < 1.29 is 22.4 Å². The maximum absolute atomic E-state index is 13.7. The summed E-state index contributed by atoms with van der Waals surface area (Å²) in [6.07, 6.45) is 2.39. The number of benzene rings is 2. The molecule has 0 aliphatic carbocycles. The number of nitrogens with two attached hydrogens (primary N) is 2. The maximum Gasteiger partial charge on any atom is 0.224 e. The molecule has 0 bridgehead atoms. The van der Waals surface area contributed by atoms with Gasteiger partial charge in [0.2, 0.25) is 16.4 Å². The van der Waals surface area contributed by atoms with E-state index in [2.05, 4.69) is 41.8 Å². The minimum absolute atomic E-state index is 0.0227. The molecular weight excluding hydrogens is 575 g/mol. The molecule has 0 spiro atoms. The number of ketones is 1.